The Morgan fingerprint density at radius 2 is 1.73 bits per heavy atom. The molecule has 30 heavy (non-hydrogen) atoms. The predicted octanol–water partition coefficient (Wildman–Crippen LogP) is 1.43. The van der Waals surface area contributed by atoms with Crippen molar-refractivity contribution in [3.05, 3.63) is 59.7 Å². The number of rotatable bonds is 8. The topological polar surface area (TPSA) is 129 Å². The van der Waals surface area contributed by atoms with E-state index in [9.17, 15) is 18.0 Å². The van der Waals surface area contributed by atoms with Crippen molar-refractivity contribution in [2.75, 3.05) is 19.7 Å². The van der Waals surface area contributed by atoms with Crippen molar-refractivity contribution in [1.29, 1.82) is 5.26 Å². The molecule has 10 heteroatoms. The van der Waals surface area contributed by atoms with Gasteiger partial charge >= 0.3 is 0 Å². The SMILES string of the molecule is CCN(CC)S(=O)(=O)c1cccc(C(=O)NNC(=O)COc2ccc(C#N)cc2)c1. The van der Waals surface area contributed by atoms with Crippen LogP contribution in [0.1, 0.15) is 29.8 Å². The Morgan fingerprint density at radius 1 is 1.07 bits per heavy atom. The van der Waals surface area contributed by atoms with Gasteiger partial charge in [-0.05, 0) is 42.5 Å². The Kier molecular flexibility index (Phi) is 7.91. The van der Waals surface area contributed by atoms with Gasteiger partial charge in [0.15, 0.2) is 6.61 Å². The molecule has 2 aromatic carbocycles. The normalized spacial score (nSPS) is 10.9. The number of nitrogens with zero attached hydrogens (tertiary/aromatic N) is 2. The van der Waals surface area contributed by atoms with Crippen LogP contribution in [0, 0.1) is 11.3 Å². The lowest BCUT2D eigenvalue weighted by Crippen LogP contribution is -2.43. The summed E-state index contributed by atoms with van der Waals surface area (Å²) in [6, 6.07) is 13.7. The fourth-order valence-corrected chi connectivity index (χ4v) is 4.02. The molecule has 0 atom stereocenters. The number of sulfonamides is 1. The molecule has 2 rings (SSSR count). The third-order valence-electron chi connectivity index (χ3n) is 4.11. The molecule has 0 aliphatic heterocycles. The summed E-state index contributed by atoms with van der Waals surface area (Å²) in [4.78, 5) is 24.1. The Morgan fingerprint density at radius 3 is 2.33 bits per heavy atom. The summed E-state index contributed by atoms with van der Waals surface area (Å²) in [5.74, 6) is -0.886. The maximum Gasteiger partial charge on any atom is 0.276 e. The molecule has 9 nitrogen and oxygen atoms in total. The van der Waals surface area contributed by atoms with Crippen LogP contribution in [-0.4, -0.2) is 44.2 Å². The van der Waals surface area contributed by atoms with Crippen LogP contribution in [0.2, 0.25) is 0 Å². The average molecular weight is 430 g/mol. The highest BCUT2D eigenvalue weighted by Gasteiger charge is 2.22. The maximum atomic E-state index is 12.6. The molecular formula is C20H22N4O5S. The Labute approximate surface area is 175 Å². The van der Waals surface area contributed by atoms with E-state index in [1.807, 2.05) is 6.07 Å². The highest BCUT2D eigenvalue weighted by Crippen LogP contribution is 2.17. The molecule has 2 N–H and O–H groups in total. The highest BCUT2D eigenvalue weighted by molar-refractivity contribution is 7.89. The largest absolute Gasteiger partial charge is 0.484 e. The minimum atomic E-state index is -3.71. The van der Waals surface area contributed by atoms with Crippen LogP contribution in [-0.2, 0) is 14.8 Å². The van der Waals surface area contributed by atoms with Gasteiger partial charge in [0.2, 0.25) is 10.0 Å². The van der Waals surface area contributed by atoms with E-state index in [1.165, 1.54) is 28.6 Å². The minimum absolute atomic E-state index is 0.00525. The van der Waals surface area contributed by atoms with Crippen LogP contribution in [0.3, 0.4) is 0 Å². The van der Waals surface area contributed by atoms with E-state index < -0.39 is 21.8 Å². The van der Waals surface area contributed by atoms with Gasteiger partial charge in [-0.2, -0.15) is 9.57 Å². The predicted molar refractivity (Wildman–Crippen MR) is 109 cm³/mol. The van der Waals surface area contributed by atoms with Crippen LogP contribution in [0.5, 0.6) is 5.75 Å². The van der Waals surface area contributed by atoms with E-state index in [0.29, 0.717) is 24.4 Å². The molecule has 0 radical (unpaired) electrons. The van der Waals surface area contributed by atoms with Gasteiger partial charge in [-0.1, -0.05) is 19.9 Å². The molecular weight excluding hydrogens is 408 g/mol. The number of hydrogen-bond donors (Lipinski definition) is 2. The second kappa shape index (κ2) is 10.4. The third-order valence-corrected chi connectivity index (χ3v) is 6.15. The van der Waals surface area contributed by atoms with Crippen LogP contribution in [0.4, 0.5) is 0 Å². The summed E-state index contributed by atoms with van der Waals surface area (Å²) in [7, 11) is -3.71. The quantitative estimate of drug-likeness (QED) is 0.610. The van der Waals surface area contributed by atoms with Crippen LogP contribution >= 0.6 is 0 Å². The molecule has 158 valence electrons. The lowest BCUT2D eigenvalue weighted by atomic mass is 10.2. The van der Waals surface area contributed by atoms with Gasteiger partial charge in [0.25, 0.3) is 11.8 Å². The summed E-state index contributed by atoms with van der Waals surface area (Å²) in [6.07, 6.45) is 0. The van der Waals surface area contributed by atoms with Gasteiger partial charge in [-0.25, -0.2) is 8.42 Å². The smallest absolute Gasteiger partial charge is 0.276 e. The number of benzene rings is 2. The number of nitriles is 1. The maximum absolute atomic E-state index is 12.6. The number of carbonyl (C=O) groups excluding carboxylic acids is 2. The van der Waals surface area contributed by atoms with Crippen molar-refractivity contribution in [1.82, 2.24) is 15.2 Å². The summed E-state index contributed by atoms with van der Waals surface area (Å²) in [6.45, 7) is 3.72. The third kappa shape index (κ3) is 5.79. The first-order chi connectivity index (χ1) is 14.3. The lowest BCUT2D eigenvalue weighted by Gasteiger charge is -2.18. The van der Waals surface area contributed by atoms with E-state index in [-0.39, 0.29) is 17.1 Å². The molecule has 0 aromatic heterocycles. The van der Waals surface area contributed by atoms with Crippen LogP contribution < -0.4 is 15.6 Å². The van der Waals surface area contributed by atoms with Crippen molar-refractivity contribution in [3.8, 4) is 11.8 Å². The molecule has 0 unspecified atom stereocenters. The second-order valence-corrected chi connectivity index (χ2v) is 7.98. The molecule has 0 aliphatic carbocycles. The van der Waals surface area contributed by atoms with Crippen molar-refractivity contribution in [3.63, 3.8) is 0 Å². The Bertz CT molecular complexity index is 1040. The zero-order valence-corrected chi connectivity index (χ0v) is 17.4. The van der Waals surface area contributed by atoms with Crippen molar-refractivity contribution < 1.29 is 22.7 Å². The molecule has 0 bridgehead atoms. The Balaban J connectivity index is 1.94. The summed E-state index contributed by atoms with van der Waals surface area (Å²) in [5.41, 5.74) is 4.96. The molecule has 2 amide bonds. The fourth-order valence-electron chi connectivity index (χ4n) is 2.52. The van der Waals surface area contributed by atoms with Crippen molar-refractivity contribution in [2.24, 2.45) is 0 Å². The molecule has 0 fully saturated rings. The van der Waals surface area contributed by atoms with Gasteiger partial charge in [0.1, 0.15) is 5.75 Å². The number of hydrazine groups is 1. The molecule has 0 heterocycles. The molecule has 2 aromatic rings. The first-order valence-corrected chi connectivity index (χ1v) is 10.6. The van der Waals surface area contributed by atoms with E-state index in [4.69, 9.17) is 10.00 Å². The zero-order valence-electron chi connectivity index (χ0n) is 16.6. The summed E-state index contributed by atoms with van der Waals surface area (Å²) in [5, 5.41) is 8.75. The van der Waals surface area contributed by atoms with Gasteiger partial charge in [-0.15, -0.1) is 0 Å². The average Bonchev–Trinajstić information content (AvgIpc) is 2.77. The minimum Gasteiger partial charge on any atom is -0.484 e. The lowest BCUT2D eigenvalue weighted by molar-refractivity contribution is -0.123. The summed E-state index contributed by atoms with van der Waals surface area (Å²) < 4.78 is 31.7. The molecule has 0 saturated carbocycles. The van der Waals surface area contributed by atoms with Crippen LogP contribution in [0.15, 0.2) is 53.4 Å². The number of ether oxygens (including phenoxy) is 1. The number of nitrogens with one attached hydrogen (secondary N) is 2. The van der Waals surface area contributed by atoms with E-state index >= 15 is 0 Å². The van der Waals surface area contributed by atoms with E-state index in [2.05, 4.69) is 10.9 Å². The summed E-state index contributed by atoms with van der Waals surface area (Å²) >= 11 is 0. The standard InChI is InChI=1S/C20H22N4O5S/c1-3-24(4-2)30(27,28)18-7-5-6-16(12-18)20(26)23-22-19(25)14-29-17-10-8-15(13-21)9-11-17/h5-12H,3-4,14H2,1-2H3,(H,22,25)(H,23,26). The Hall–Kier alpha value is -3.42. The fraction of sp³-hybridized carbons (Fsp3) is 0.250. The number of carbonyl (C=O) groups is 2. The molecule has 0 saturated heterocycles. The molecule has 0 aliphatic rings. The number of amides is 2. The first-order valence-electron chi connectivity index (χ1n) is 9.14. The second-order valence-electron chi connectivity index (χ2n) is 6.04. The van der Waals surface area contributed by atoms with Crippen molar-refractivity contribution in [2.45, 2.75) is 18.7 Å². The highest BCUT2D eigenvalue weighted by atomic mass is 32.2. The van der Waals surface area contributed by atoms with Gasteiger partial charge in [0.05, 0.1) is 16.5 Å². The molecule has 0 spiro atoms. The van der Waals surface area contributed by atoms with Gasteiger partial charge < -0.3 is 4.74 Å². The van der Waals surface area contributed by atoms with Crippen LogP contribution in [0.25, 0.3) is 0 Å². The van der Waals surface area contributed by atoms with Gasteiger partial charge in [0, 0.05) is 18.7 Å². The monoisotopic (exact) mass is 430 g/mol. The van der Waals surface area contributed by atoms with Crippen molar-refractivity contribution >= 4 is 21.8 Å². The first kappa shape index (κ1) is 22.9. The van der Waals surface area contributed by atoms with Gasteiger partial charge in [-0.3, -0.25) is 20.4 Å². The van der Waals surface area contributed by atoms with E-state index in [0.717, 1.165) is 0 Å². The van der Waals surface area contributed by atoms with E-state index in [1.54, 1.807) is 38.1 Å². The zero-order chi connectivity index (χ0) is 22.1. The number of hydrogen-bond acceptors (Lipinski definition) is 6.